The SMILES string of the molecule is COc1cnc(N2CCN(Cc3nc(C(C)(C)C)cs3)CC2)nc1. The van der Waals surface area contributed by atoms with E-state index in [2.05, 4.69) is 45.9 Å². The molecule has 1 aliphatic rings. The molecule has 2 aromatic rings. The molecule has 0 aromatic carbocycles. The quantitative estimate of drug-likeness (QED) is 0.847. The standard InChI is InChI=1S/C17H25N5OS/c1-17(2,3)14-12-24-15(20-14)11-21-5-7-22(8-6-21)16-18-9-13(23-4)10-19-16/h9-10,12H,5-8,11H2,1-4H3. The van der Waals surface area contributed by atoms with Gasteiger partial charge in [-0.25, -0.2) is 15.0 Å². The first-order valence-corrected chi connectivity index (χ1v) is 9.12. The van der Waals surface area contributed by atoms with Crippen molar-refractivity contribution < 1.29 is 4.74 Å². The van der Waals surface area contributed by atoms with E-state index < -0.39 is 0 Å². The van der Waals surface area contributed by atoms with Crippen molar-refractivity contribution in [3.63, 3.8) is 0 Å². The van der Waals surface area contributed by atoms with E-state index >= 15 is 0 Å². The second-order valence-electron chi connectivity index (χ2n) is 7.06. The Bertz CT molecular complexity index is 656. The average molecular weight is 347 g/mol. The van der Waals surface area contributed by atoms with Crippen molar-refractivity contribution in [3.8, 4) is 5.75 Å². The van der Waals surface area contributed by atoms with Crippen molar-refractivity contribution in [1.29, 1.82) is 0 Å². The van der Waals surface area contributed by atoms with Crippen LogP contribution in [-0.4, -0.2) is 53.1 Å². The van der Waals surface area contributed by atoms with Crippen LogP contribution in [-0.2, 0) is 12.0 Å². The van der Waals surface area contributed by atoms with Gasteiger partial charge in [0, 0.05) is 37.0 Å². The van der Waals surface area contributed by atoms with Gasteiger partial charge in [0.2, 0.25) is 5.95 Å². The summed E-state index contributed by atoms with van der Waals surface area (Å²) in [4.78, 5) is 18.2. The summed E-state index contributed by atoms with van der Waals surface area (Å²) >= 11 is 1.77. The molecule has 0 unspecified atom stereocenters. The van der Waals surface area contributed by atoms with E-state index in [1.54, 1.807) is 30.8 Å². The highest BCUT2D eigenvalue weighted by atomic mass is 32.1. The highest BCUT2D eigenvalue weighted by Crippen LogP contribution is 2.25. The van der Waals surface area contributed by atoms with Gasteiger partial charge in [0.25, 0.3) is 0 Å². The molecule has 3 heterocycles. The first-order valence-electron chi connectivity index (χ1n) is 8.24. The van der Waals surface area contributed by atoms with Gasteiger partial charge in [0.15, 0.2) is 5.75 Å². The monoisotopic (exact) mass is 347 g/mol. The van der Waals surface area contributed by atoms with Crippen LogP contribution in [0.5, 0.6) is 5.75 Å². The molecule has 0 atom stereocenters. The Hall–Kier alpha value is -1.73. The number of piperazine rings is 1. The van der Waals surface area contributed by atoms with Crippen molar-refractivity contribution in [2.75, 3.05) is 38.2 Å². The zero-order valence-electron chi connectivity index (χ0n) is 14.8. The molecule has 0 bridgehead atoms. The van der Waals surface area contributed by atoms with Crippen LogP contribution < -0.4 is 9.64 Å². The minimum atomic E-state index is 0.124. The van der Waals surface area contributed by atoms with Gasteiger partial charge >= 0.3 is 0 Å². The summed E-state index contributed by atoms with van der Waals surface area (Å²) in [7, 11) is 1.63. The topological polar surface area (TPSA) is 54.4 Å². The molecule has 0 aliphatic carbocycles. The number of rotatable bonds is 4. The maximum Gasteiger partial charge on any atom is 0.225 e. The van der Waals surface area contributed by atoms with Gasteiger partial charge in [-0.2, -0.15) is 0 Å². The molecule has 1 aliphatic heterocycles. The number of thiazole rings is 1. The summed E-state index contributed by atoms with van der Waals surface area (Å²) in [6.45, 7) is 11.4. The third-order valence-corrected chi connectivity index (χ3v) is 5.02. The predicted molar refractivity (Wildman–Crippen MR) is 96.9 cm³/mol. The fraction of sp³-hybridized carbons (Fsp3) is 0.588. The zero-order valence-corrected chi connectivity index (χ0v) is 15.6. The molecule has 130 valence electrons. The van der Waals surface area contributed by atoms with Crippen LogP contribution in [0.4, 0.5) is 5.95 Å². The maximum atomic E-state index is 5.11. The first-order chi connectivity index (χ1) is 11.5. The Morgan fingerprint density at radius 2 is 1.79 bits per heavy atom. The van der Waals surface area contributed by atoms with Gasteiger partial charge in [-0.3, -0.25) is 4.90 Å². The van der Waals surface area contributed by atoms with Gasteiger partial charge in [-0.15, -0.1) is 11.3 Å². The van der Waals surface area contributed by atoms with Crippen molar-refractivity contribution in [2.24, 2.45) is 0 Å². The average Bonchev–Trinajstić information content (AvgIpc) is 3.05. The third-order valence-electron chi connectivity index (χ3n) is 4.18. The van der Waals surface area contributed by atoms with E-state index in [4.69, 9.17) is 9.72 Å². The normalized spacial score (nSPS) is 16.4. The molecule has 0 radical (unpaired) electrons. The molecule has 0 spiro atoms. The van der Waals surface area contributed by atoms with Crippen LogP contribution in [0.25, 0.3) is 0 Å². The van der Waals surface area contributed by atoms with Crippen LogP contribution in [0, 0.1) is 0 Å². The molecular weight excluding hydrogens is 322 g/mol. The van der Waals surface area contributed by atoms with Crippen LogP contribution in [0.15, 0.2) is 17.8 Å². The zero-order chi connectivity index (χ0) is 17.2. The van der Waals surface area contributed by atoms with Crippen molar-refractivity contribution in [3.05, 3.63) is 28.5 Å². The Kier molecular flexibility index (Phi) is 5.01. The fourth-order valence-electron chi connectivity index (χ4n) is 2.60. The van der Waals surface area contributed by atoms with E-state index in [-0.39, 0.29) is 5.41 Å². The predicted octanol–water partition coefficient (Wildman–Crippen LogP) is 2.56. The molecule has 6 nitrogen and oxygen atoms in total. The number of nitrogens with zero attached hydrogens (tertiary/aromatic N) is 5. The van der Waals surface area contributed by atoms with Crippen molar-refractivity contribution in [1.82, 2.24) is 19.9 Å². The number of aromatic nitrogens is 3. The number of ether oxygens (including phenoxy) is 1. The number of hydrogen-bond donors (Lipinski definition) is 0. The lowest BCUT2D eigenvalue weighted by atomic mass is 9.93. The van der Waals surface area contributed by atoms with Gasteiger partial charge in [0.05, 0.1) is 31.7 Å². The molecule has 7 heteroatoms. The highest BCUT2D eigenvalue weighted by molar-refractivity contribution is 7.09. The summed E-state index contributed by atoms with van der Waals surface area (Å²) in [5.41, 5.74) is 1.31. The maximum absolute atomic E-state index is 5.11. The van der Waals surface area contributed by atoms with Gasteiger partial charge in [-0.05, 0) is 0 Å². The summed E-state index contributed by atoms with van der Waals surface area (Å²) < 4.78 is 5.11. The molecule has 3 rings (SSSR count). The van der Waals surface area contributed by atoms with Crippen LogP contribution in [0.2, 0.25) is 0 Å². The summed E-state index contributed by atoms with van der Waals surface area (Å²) in [6, 6.07) is 0. The highest BCUT2D eigenvalue weighted by Gasteiger charge is 2.21. The Morgan fingerprint density at radius 3 is 2.33 bits per heavy atom. The summed E-state index contributed by atoms with van der Waals surface area (Å²) in [6.07, 6.45) is 3.44. The van der Waals surface area contributed by atoms with E-state index in [0.717, 1.165) is 38.7 Å². The molecule has 24 heavy (non-hydrogen) atoms. The lowest BCUT2D eigenvalue weighted by molar-refractivity contribution is 0.248. The van der Waals surface area contributed by atoms with Crippen LogP contribution in [0.3, 0.4) is 0 Å². The van der Waals surface area contributed by atoms with Crippen molar-refractivity contribution in [2.45, 2.75) is 32.7 Å². The Balaban J connectivity index is 1.54. The fourth-order valence-corrected chi connectivity index (χ4v) is 3.67. The van der Waals surface area contributed by atoms with Gasteiger partial charge in [0.1, 0.15) is 5.01 Å². The largest absolute Gasteiger partial charge is 0.494 e. The summed E-state index contributed by atoms with van der Waals surface area (Å²) in [5.74, 6) is 1.47. The second-order valence-corrected chi connectivity index (χ2v) is 8.01. The summed E-state index contributed by atoms with van der Waals surface area (Å²) in [5, 5.41) is 3.39. The molecule has 1 saturated heterocycles. The van der Waals surface area contributed by atoms with E-state index in [1.165, 1.54) is 10.7 Å². The van der Waals surface area contributed by atoms with Crippen molar-refractivity contribution >= 4 is 17.3 Å². The molecular formula is C17H25N5OS. The minimum absolute atomic E-state index is 0.124. The molecule has 0 N–H and O–H groups in total. The first kappa shape index (κ1) is 17.1. The van der Waals surface area contributed by atoms with E-state index in [1.807, 2.05) is 0 Å². The van der Waals surface area contributed by atoms with E-state index in [0.29, 0.717) is 5.75 Å². The van der Waals surface area contributed by atoms with Gasteiger partial charge < -0.3 is 9.64 Å². The van der Waals surface area contributed by atoms with E-state index in [9.17, 15) is 0 Å². The lowest BCUT2D eigenvalue weighted by Crippen LogP contribution is -2.46. The smallest absolute Gasteiger partial charge is 0.225 e. The number of anilines is 1. The number of hydrogen-bond acceptors (Lipinski definition) is 7. The molecule has 2 aromatic heterocycles. The third kappa shape index (κ3) is 4.02. The second kappa shape index (κ2) is 7.03. The van der Waals surface area contributed by atoms with Crippen LogP contribution in [0.1, 0.15) is 31.5 Å². The number of methoxy groups -OCH3 is 1. The lowest BCUT2D eigenvalue weighted by Gasteiger charge is -2.34. The minimum Gasteiger partial charge on any atom is -0.494 e. The molecule has 1 fully saturated rings. The molecule has 0 amide bonds. The Labute approximate surface area is 147 Å². The van der Waals surface area contributed by atoms with Gasteiger partial charge in [-0.1, -0.05) is 20.8 Å². The Morgan fingerprint density at radius 1 is 1.12 bits per heavy atom. The van der Waals surface area contributed by atoms with Crippen LogP contribution >= 0.6 is 11.3 Å². The molecule has 0 saturated carbocycles.